The highest BCUT2D eigenvalue weighted by atomic mass is 19.1. The van der Waals surface area contributed by atoms with Gasteiger partial charge in [-0.15, -0.1) is 0 Å². The molecule has 0 spiro atoms. The van der Waals surface area contributed by atoms with Crippen LogP contribution in [-0.4, -0.2) is 16.7 Å². The molecule has 2 aromatic carbocycles. The SMILES string of the molecule is O=C1[C@H]2CCCC[C@@H]2C(=O)N1c1ccc(NCc2cccc(F)c2)c([N+](=O)[O-])c1. The van der Waals surface area contributed by atoms with Crippen LogP contribution >= 0.6 is 0 Å². The van der Waals surface area contributed by atoms with Crippen molar-refractivity contribution in [3.8, 4) is 0 Å². The standard InChI is InChI=1S/C21H20FN3O4/c22-14-5-3-4-13(10-14)12-23-18-9-8-15(11-19(18)25(28)29)24-20(26)16-6-1-2-7-17(16)21(24)27/h3-5,8-11,16-17,23H,1-2,6-7,12H2/t16-,17-/m0/s1. The predicted molar refractivity (Wildman–Crippen MR) is 105 cm³/mol. The van der Waals surface area contributed by atoms with E-state index in [2.05, 4.69) is 5.32 Å². The molecule has 2 aliphatic rings. The topological polar surface area (TPSA) is 92.6 Å². The number of imide groups is 1. The van der Waals surface area contributed by atoms with Crippen molar-refractivity contribution in [3.63, 3.8) is 0 Å². The number of nitro benzene ring substituents is 1. The molecule has 1 saturated heterocycles. The highest BCUT2D eigenvalue weighted by molar-refractivity contribution is 6.22. The van der Waals surface area contributed by atoms with Gasteiger partial charge in [0.05, 0.1) is 22.4 Å². The lowest BCUT2D eigenvalue weighted by molar-refractivity contribution is -0.383. The number of hydrogen-bond acceptors (Lipinski definition) is 5. The van der Waals surface area contributed by atoms with Gasteiger partial charge in [0, 0.05) is 12.6 Å². The number of rotatable bonds is 5. The van der Waals surface area contributed by atoms with Gasteiger partial charge in [0.1, 0.15) is 11.5 Å². The molecule has 8 heteroatoms. The molecule has 2 aromatic rings. The Morgan fingerprint density at radius 1 is 1.07 bits per heavy atom. The van der Waals surface area contributed by atoms with Gasteiger partial charge in [-0.05, 0) is 42.7 Å². The van der Waals surface area contributed by atoms with Crippen molar-refractivity contribution < 1.29 is 18.9 Å². The number of benzene rings is 2. The molecule has 1 aliphatic carbocycles. The summed E-state index contributed by atoms with van der Waals surface area (Å²) >= 11 is 0. The summed E-state index contributed by atoms with van der Waals surface area (Å²) in [5, 5.41) is 14.5. The Kier molecular flexibility index (Phi) is 5.00. The average molecular weight is 397 g/mol. The Morgan fingerprint density at radius 2 is 1.76 bits per heavy atom. The summed E-state index contributed by atoms with van der Waals surface area (Å²) < 4.78 is 13.3. The maximum absolute atomic E-state index is 13.3. The van der Waals surface area contributed by atoms with E-state index in [0.29, 0.717) is 18.4 Å². The van der Waals surface area contributed by atoms with Gasteiger partial charge in [-0.25, -0.2) is 9.29 Å². The lowest BCUT2D eigenvalue weighted by Crippen LogP contribution is -2.30. The molecule has 7 nitrogen and oxygen atoms in total. The zero-order valence-corrected chi connectivity index (χ0v) is 15.6. The van der Waals surface area contributed by atoms with Crippen molar-refractivity contribution in [1.29, 1.82) is 0 Å². The first-order valence-electron chi connectivity index (χ1n) is 9.60. The summed E-state index contributed by atoms with van der Waals surface area (Å²) in [5.74, 6) is -1.56. The Morgan fingerprint density at radius 3 is 2.38 bits per heavy atom. The van der Waals surface area contributed by atoms with Crippen LogP contribution in [0, 0.1) is 27.8 Å². The average Bonchev–Trinajstić information content (AvgIpc) is 2.97. The summed E-state index contributed by atoms with van der Waals surface area (Å²) in [6.07, 6.45) is 3.19. The Bertz CT molecular complexity index is 970. The van der Waals surface area contributed by atoms with Crippen LogP contribution in [0.1, 0.15) is 31.2 Å². The smallest absolute Gasteiger partial charge is 0.294 e. The second-order valence-corrected chi connectivity index (χ2v) is 7.45. The number of hydrogen-bond donors (Lipinski definition) is 1. The number of fused-ring (bicyclic) bond motifs is 1. The maximum atomic E-state index is 13.3. The molecule has 2 amide bonds. The molecule has 1 saturated carbocycles. The van der Waals surface area contributed by atoms with E-state index < -0.39 is 4.92 Å². The molecule has 29 heavy (non-hydrogen) atoms. The third-order valence-electron chi connectivity index (χ3n) is 5.65. The van der Waals surface area contributed by atoms with E-state index >= 15 is 0 Å². The molecule has 2 atom stereocenters. The number of amides is 2. The first-order chi connectivity index (χ1) is 14.0. The molecule has 150 valence electrons. The predicted octanol–water partition coefficient (Wildman–Crippen LogP) is 4.03. The number of nitrogens with zero attached hydrogens (tertiary/aromatic N) is 2. The van der Waals surface area contributed by atoms with Crippen LogP contribution in [0.4, 0.5) is 21.5 Å². The summed E-state index contributed by atoms with van der Waals surface area (Å²) in [4.78, 5) is 37.6. The number of nitrogens with one attached hydrogen (secondary N) is 1. The van der Waals surface area contributed by atoms with Gasteiger partial charge in [-0.2, -0.15) is 0 Å². The van der Waals surface area contributed by atoms with Crippen molar-refractivity contribution in [1.82, 2.24) is 0 Å². The van der Waals surface area contributed by atoms with Crippen molar-refractivity contribution in [3.05, 3.63) is 64.0 Å². The molecule has 0 aromatic heterocycles. The molecule has 4 rings (SSSR count). The number of halogens is 1. The summed E-state index contributed by atoms with van der Waals surface area (Å²) in [6.45, 7) is 0.198. The lowest BCUT2D eigenvalue weighted by atomic mass is 9.81. The molecule has 0 unspecified atom stereocenters. The summed E-state index contributed by atoms with van der Waals surface area (Å²) in [6, 6.07) is 10.2. The van der Waals surface area contributed by atoms with Gasteiger partial charge in [0.15, 0.2) is 0 Å². The number of carbonyl (C=O) groups is 2. The van der Waals surface area contributed by atoms with E-state index in [1.54, 1.807) is 12.1 Å². The minimum absolute atomic E-state index is 0.198. The zero-order chi connectivity index (χ0) is 20.5. The quantitative estimate of drug-likeness (QED) is 0.467. The van der Waals surface area contributed by atoms with Gasteiger partial charge in [0.25, 0.3) is 5.69 Å². The Balaban J connectivity index is 1.60. The van der Waals surface area contributed by atoms with E-state index in [9.17, 15) is 24.1 Å². The third kappa shape index (κ3) is 3.57. The zero-order valence-electron chi connectivity index (χ0n) is 15.6. The van der Waals surface area contributed by atoms with E-state index in [0.717, 1.165) is 17.7 Å². The fourth-order valence-electron chi connectivity index (χ4n) is 4.22. The van der Waals surface area contributed by atoms with Gasteiger partial charge in [-0.3, -0.25) is 19.7 Å². The molecular formula is C21H20FN3O4. The number of anilines is 2. The van der Waals surface area contributed by atoms with E-state index in [-0.39, 0.29) is 53.1 Å². The summed E-state index contributed by atoms with van der Waals surface area (Å²) in [7, 11) is 0. The number of carbonyl (C=O) groups excluding carboxylic acids is 2. The highest BCUT2D eigenvalue weighted by Crippen LogP contribution is 2.41. The largest absolute Gasteiger partial charge is 0.375 e. The molecular weight excluding hydrogens is 377 g/mol. The van der Waals surface area contributed by atoms with Crippen LogP contribution in [0.25, 0.3) is 0 Å². The first-order valence-corrected chi connectivity index (χ1v) is 9.60. The van der Waals surface area contributed by atoms with Crippen LogP contribution in [0.5, 0.6) is 0 Å². The second kappa shape index (κ2) is 7.62. The van der Waals surface area contributed by atoms with Crippen LogP contribution < -0.4 is 10.2 Å². The van der Waals surface area contributed by atoms with E-state index in [1.807, 2.05) is 0 Å². The minimum Gasteiger partial charge on any atom is -0.375 e. The van der Waals surface area contributed by atoms with Crippen LogP contribution in [0.3, 0.4) is 0 Å². The number of nitro groups is 1. The van der Waals surface area contributed by atoms with Crippen LogP contribution in [0.2, 0.25) is 0 Å². The minimum atomic E-state index is -0.560. The Hall–Kier alpha value is -3.29. The third-order valence-corrected chi connectivity index (χ3v) is 5.65. The van der Waals surface area contributed by atoms with Crippen LogP contribution in [-0.2, 0) is 16.1 Å². The van der Waals surface area contributed by atoms with Gasteiger partial charge in [0.2, 0.25) is 11.8 Å². The van der Waals surface area contributed by atoms with Gasteiger partial charge >= 0.3 is 0 Å². The van der Waals surface area contributed by atoms with Crippen molar-refractivity contribution >= 4 is 28.9 Å². The van der Waals surface area contributed by atoms with Crippen molar-refractivity contribution in [2.45, 2.75) is 32.2 Å². The molecule has 2 fully saturated rings. The van der Waals surface area contributed by atoms with Gasteiger partial charge < -0.3 is 5.32 Å². The first kappa shape index (κ1) is 19.0. The Labute approximate surface area is 166 Å². The molecule has 1 aliphatic heterocycles. The van der Waals surface area contributed by atoms with Gasteiger partial charge in [-0.1, -0.05) is 25.0 Å². The van der Waals surface area contributed by atoms with E-state index in [1.165, 1.54) is 30.3 Å². The van der Waals surface area contributed by atoms with Crippen molar-refractivity contribution in [2.75, 3.05) is 10.2 Å². The maximum Gasteiger partial charge on any atom is 0.294 e. The molecule has 0 bridgehead atoms. The monoisotopic (exact) mass is 397 g/mol. The van der Waals surface area contributed by atoms with E-state index in [4.69, 9.17) is 0 Å². The molecule has 0 radical (unpaired) electrons. The fraction of sp³-hybridized carbons (Fsp3) is 0.333. The normalized spacial score (nSPS) is 21.2. The highest BCUT2D eigenvalue weighted by Gasteiger charge is 2.49. The van der Waals surface area contributed by atoms with Crippen molar-refractivity contribution in [2.24, 2.45) is 11.8 Å². The second-order valence-electron chi connectivity index (χ2n) is 7.45. The summed E-state index contributed by atoms with van der Waals surface area (Å²) in [5.41, 5.74) is 0.851. The lowest BCUT2D eigenvalue weighted by Gasteiger charge is -2.19. The van der Waals surface area contributed by atoms with Crippen LogP contribution in [0.15, 0.2) is 42.5 Å². The fourth-order valence-corrected chi connectivity index (χ4v) is 4.22. The molecule has 1 heterocycles. The molecule has 1 N–H and O–H groups in total.